The standard InChI is InChI=1S/C22H27N3O4S/c1-3-14-29-17-11-9-16(10-12-17)20(26)25-22(30)24-19-8-5-4-7-18(19)21(27)23-13-6-15-28-2/h4-5,7-12H,3,6,13-15H2,1-2H3,(H,23,27)(H2,24,25,26,30). The molecule has 3 N–H and O–H groups in total. The molecule has 0 heterocycles. The minimum Gasteiger partial charge on any atom is -0.494 e. The summed E-state index contributed by atoms with van der Waals surface area (Å²) < 4.78 is 10.5. The lowest BCUT2D eigenvalue weighted by atomic mass is 10.1. The summed E-state index contributed by atoms with van der Waals surface area (Å²) in [6, 6.07) is 13.8. The molecule has 30 heavy (non-hydrogen) atoms. The van der Waals surface area contributed by atoms with Gasteiger partial charge in [0.2, 0.25) is 0 Å². The van der Waals surface area contributed by atoms with Gasteiger partial charge in [0.25, 0.3) is 11.8 Å². The van der Waals surface area contributed by atoms with E-state index in [1.807, 2.05) is 6.92 Å². The number of methoxy groups -OCH3 is 1. The van der Waals surface area contributed by atoms with Gasteiger partial charge in [-0.05, 0) is 61.5 Å². The number of nitrogens with one attached hydrogen (secondary N) is 3. The van der Waals surface area contributed by atoms with Gasteiger partial charge in [-0.25, -0.2) is 0 Å². The summed E-state index contributed by atoms with van der Waals surface area (Å²) in [6.07, 6.45) is 1.63. The Balaban J connectivity index is 1.94. The fourth-order valence-corrected chi connectivity index (χ4v) is 2.76. The first-order valence-electron chi connectivity index (χ1n) is 9.76. The van der Waals surface area contributed by atoms with Gasteiger partial charge in [-0.1, -0.05) is 19.1 Å². The van der Waals surface area contributed by atoms with Gasteiger partial charge in [0.1, 0.15) is 5.75 Å². The van der Waals surface area contributed by atoms with Gasteiger partial charge in [0.05, 0.1) is 17.9 Å². The lowest BCUT2D eigenvalue weighted by molar-refractivity contribution is 0.0947. The van der Waals surface area contributed by atoms with E-state index in [-0.39, 0.29) is 16.9 Å². The van der Waals surface area contributed by atoms with Gasteiger partial charge in [-0.2, -0.15) is 0 Å². The number of anilines is 1. The van der Waals surface area contributed by atoms with Crippen molar-refractivity contribution in [1.82, 2.24) is 10.6 Å². The second kappa shape index (κ2) is 12.6. The van der Waals surface area contributed by atoms with Crippen LogP contribution in [-0.2, 0) is 4.74 Å². The quantitative estimate of drug-likeness (QED) is 0.396. The van der Waals surface area contributed by atoms with Crippen molar-refractivity contribution in [3.63, 3.8) is 0 Å². The van der Waals surface area contributed by atoms with Crippen LogP contribution in [-0.4, -0.2) is 43.8 Å². The summed E-state index contributed by atoms with van der Waals surface area (Å²) in [5.41, 5.74) is 1.39. The van der Waals surface area contributed by atoms with Crippen LogP contribution in [0, 0.1) is 0 Å². The van der Waals surface area contributed by atoms with Crippen LogP contribution in [0.5, 0.6) is 5.75 Å². The third-order valence-electron chi connectivity index (χ3n) is 4.05. The van der Waals surface area contributed by atoms with E-state index in [4.69, 9.17) is 21.7 Å². The molecular formula is C22H27N3O4S. The molecule has 7 nitrogen and oxygen atoms in total. The highest BCUT2D eigenvalue weighted by Crippen LogP contribution is 2.15. The zero-order valence-corrected chi connectivity index (χ0v) is 18.0. The molecule has 0 aliphatic rings. The second-order valence-corrected chi connectivity index (χ2v) is 6.84. The number of benzene rings is 2. The van der Waals surface area contributed by atoms with E-state index in [1.165, 1.54) is 0 Å². The number of para-hydroxylation sites is 1. The summed E-state index contributed by atoms with van der Waals surface area (Å²) in [5.74, 6) is 0.126. The van der Waals surface area contributed by atoms with E-state index >= 15 is 0 Å². The number of carbonyl (C=O) groups excluding carboxylic acids is 2. The molecule has 0 aliphatic heterocycles. The highest BCUT2D eigenvalue weighted by Gasteiger charge is 2.13. The fourth-order valence-electron chi connectivity index (χ4n) is 2.56. The smallest absolute Gasteiger partial charge is 0.257 e. The van der Waals surface area contributed by atoms with Gasteiger partial charge in [-0.15, -0.1) is 0 Å². The molecule has 2 aromatic carbocycles. The van der Waals surface area contributed by atoms with Gasteiger partial charge in [0, 0.05) is 25.8 Å². The summed E-state index contributed by atoms with van der Waals surface area (Å²) in [6.45, 7) is 3.72. The van der Waals surface area contributed by atoms with Crippen molar-refractivity contribution in [2.75, 3.05) is 32.2 Å². The third-order valence-corrected chi connectivity index (χ3v) is 4.25. The minimum absolute atomic E-state index is 0.103. The lowest BCUT2D eigenvalue weighted by Crippen LogP contribution is -2.35. The molecule has 2 amide bonds. The minimum atomic E-state index is -0.351. The van der Waals surface area contributed by atoms with Gasteiger partial charge in [0.15, 0.2) is 5.11 Å². The van der Waals surface area contributed by atoms with E-state index in [0.29, 0.717) is 48.7 Å². The molecule has 160 valence electrons. The Morgan fingerprint density at radius 2 is 1.73 bits per heavy atom. The number of ether oxygens (including phenoxy) is 2. The largest absolute Gasteiger partial charge is 0.494 e. The van der Waals surface area contributed by atoms with Crippen LogP contribution in [0.3, 0.4) is 0 Å². The van der Waals surface area contributed by atoms with Crippen molar-refractivity contribution in [3.8, 4) is 5.75 Å². The normalized spacial score (nSPS) is 10.2. The number of hydrogen-bond donors (Lipinski definition) is 3. The van der Waals surface area contributed by atoms with E-state index in [2.05, 4.69) is 16.0 Å². The first kappa shape index (κ1) is 23.3. The van der Waals surface area contributed by atoms with E-state index in [0.717, 1.165) is 6.42 Å². The van der Waals surface area contributed by atoms with Crippen LogP contribution < -0.4 is 20.7 Å². The Morgan fingerprint density at radius 1 is 1.00 bits per heavy atom. The van der Waals surface area contributed by atoms with E-state index in [1.54, 1.807) is 55.6 Å². The SMILES string of the molecule is CCCOc1ccc(C(=O)NC(=S)Nc2ccccc2C(=O)NCCCOC)cc1. The molecule has 0 fully saturated rings. The van der Waals surface area contributed by atoms with Crippen LogP contribution in [0.25, 0.3) is 0 Å². The summed E-state index contributed by atoms with van der Waals surface area (Å²) in [4.78, 5) is 24.8. The summed E-state index contributed by atoms with van der Waals surface area (Å²) >= 11 is 5.25. The molecule has 0 aliphatic carbocycles. The number of carbonyl (C=O) groups is 2. The van der Waals surface area contributed by atoms with Gasteiger partial charge < -0.3 is 20.1 Å². The Kier molecular flexibility index (Phi) is 9.76. The molecule has 0 saturated carbocycles. The summed E-state index contributed by atoms with van der Waals surface area (Å²) in [7, 11) is 1.62. The maximum absolute atomic E-state index is 12.4. The predicted octanol–water partition coefficient (Wildman–Crippen LogP) is 3.37. The average molecular weight is 430 g/mol. The van der Waals surface area contributed by atoms with Crippen LogP contribution in [0.15, 0.2) is 48.5 Å². The average Bonchev–Trinajstić information content (AvgIpc) is 2.75. The van der Waals surface area contributed by atoms with Crippen molar-refractivity contribution >= 4 is 34.8 Å². The molecule has 0 radical (unpaired) electrons. The third kappa shape index (κ3) is 7.46. The Labute approximate surface area is 182 Å². The van der Waals surface area contributed by atoms with Crippen LogP contribution in [0.4, 0.5) is 5.69 Å². The highest BCUT2D eigenvalue weighted by atomic mass is 32.1. The Bertz CT molecular complexity index is 856. The van der Waals surface area contributed by atoms with Crippen molar-refractivity contribution in [2.45, 2.75) is 19.8 Å². The maximum Gasteiger partial charge on any atom is 0.257 e. The predicted molar refractivity (Wildman–Crippen MR) is 121 cm³/mol. The fraction of sp³-hybridized carbons (Fsp3) is 0.318. The lowest BCUT2D eigenvalue weighted by Gasteiger charge is -2.14. The zero-order valence-electron chi connectivity index (χ0n) is 17.2. The Morgan fingerprint density at radius 3 is 2.43 bits per heavy atom. The molecule has 0 atom stereocenters. The van der Waals surface area contributed by atoms with Crippen LogP contribution in [0.1, 0.15) is 40.5 Å². The molecule has 0 aromatic heterocycles. The molecule has 2 rings (SSSR count). The molecule has 0 unspecified atom stereocenters. The number of hydrogen-bond acceptors (Lipinski definition) is 5. The van der Waals surface area contributed by atoms with Gasteiger partial charge >= 0.3 is 0 Å². The van der Waals surface area contributed by atoms with Gasteiger partial charge in [-0.3, -0.25) is 14.9 Å². The van der Waals surface area contributed by atoms with E-state index < -0.39 is 0 Å². The molecule has 0 saturated heterocycles. The second-order valence-electron chi connectivity index (χ2n) is 6.43. The number of thiocarbonyl (C=S) groups is 1. The van der Waals surface area contributed by atoms with Crippen molar-refractivity contribution in [2.24, 2.45) is 0 Å². The van der Waals surface area contributed by atoms with Crippen molar-refractivity contribution < 1.29 is 19.1 Å². The van der Waals surface area contributed by atoms with Crippen LogP contribution in [0.2, 0.25) is 0 Å². The van der Waals surface area contributed by atoms with Crippen molar-refractivity contribution in [1.29, 1.82) is 0 Å². The maximum atomic E-state index is 12.4. The molecular weight excluding hydrogens is 402 g/mol. The summed E-state index contributed by atoms with van der Waals surface area (Å²) in [5, 5.41) is 8.48. The van der Waals surface area contributed by atoms with Crippen LogP contribution >= 0.6 is 12.2 Å². The first-order valence-corrected chi connectivity index (χ1v) is 10.2. The topological polar surface area (TPSA) is 88.7 Å². The molecule has 0 spiro atoms. The number of amides is 2. The highest BCUT2D eigenvalue weighted by molar-refractivity contribution is 7.80. The Hall–Kier alpha value is -2.97. The monoisotopic (exact) mass is 429 g/mol. The number of rotatable bonds is 10. The van der Waals surface area contributed by atoms with E-state index in [9.17, 15) is 9.59 Å². The first-order chi connectivity index (χ1) is 14.5. The molecule has 8 heteroatoms. The molecule has 0 bridgehead atoms. The molecule has 2 aromatic rings. The van der Waals surface area contributed by atoms with Crippen molar-refractivity contribution in [3.05, 3.63) is 59.7 Å². The zero-order chi connectivity index (χ0) is 21.8.